The van der Waals surface area contributed by atoms with Crippen molar-refractivity contribution in [1.29, 1.82) is 0 Å². The molecule has 2 heterocycles. The van der Waals surface area contributed by atoms with Crippen molar-refractivity contribution in [2.45, 2.75) is 6.92 Å². The number of hydrogen-bond acceptors (Lipinski definition) is 3. The molecule has 0 aliphatic heterocycles. The molecule has 6 heteroatoms. The number of aryl methyl sites for hydroxylation is 1. The van der Waals surface area contributed by atoms with Gasteiger partial charge < -0.3 is 0 Å². The molecule has 1 aromatic carbocycles. The fraction of sp³-hybridized carbons (Fsp3) is 0.0714. The molecule has 0 N–H and O–H groups in total. The Morgan fingerprint density at radius 1 is 1.10 bits per heavy atom. The SMILES string of the molecule is Cc1nc(-c2ccc(Br)c3cccnc23)nc(Cl)c1Br. The Morgan fingerprint density at radius 2 is 1.90 bits per heavy atom. The maximum Gasteiger partial charge on any atom is 0.163 e. The van der Waals surface area contributed by atoms with Crippen LogP contribution >= 0.6 is 43.5 Å². The second kappa shape index (κ2) is 5.39. The minimum atomic E-state index is 0.402. The maximum atomic E-state index is 6.12. The average molecular weight is 414 g/mol. The van der Waals surface area contributed by atoms with E-state index in [1.165, 1.54) is 0 Å². The summed E-state index contributed by atoms with van der Waals surface area (Å²) in [5.74, 6) is 0.576. The van der Waals surface area contributed by atoms with E-state index < -0.39 is 0 Å². The van der Waals surface area contributed by atoms with Crippen molar-refractivity contribution >= 4 is 54.4 Å². The first-order valence-corrected chi connectivity index (χ1v) is 7.77. The van der Waals surface area contributed by atoms with Gasteiger partial charge >= 0.3 is 0 Å². The normalized spacial score (nSPS) is 11.0. The van der Waals surface area contributed by atoms with Crippen LogP contribution in [0, 0.1) is 6.92 Å². The zero-order chi connectivity index (χ0) is 14.3. The van der Waals surface area contributed by atoms with Crippen LogP contribution in [-0.2, 0) is 0 Å². The predicted octanol–water partition coefficient (Wildman–Crippen LogP) is 5.18. The van der Waals surface area contributed by atoms with Gasteiger partial charge in [-0.05, 0) is 41.1 Å². The Morgan fingerprint density at radius 3 is 2.65 bits per heavy atom. The lowest BCUT2D eigenvalue weighted by Crippen LogP contribution is -1.96. The largest absolute Gasteiger partial charge is 0.255 e. The van der Waals surface area contributed by atoms with Crippen LogP contribution < -0.4 is 0 Å². The molecule has 100 valence electrons. The smallest absolute Gasteiger partial charge is 0.163 e. The summed E-state index contributed by atoms with van der Waals surface area (Å²) in [6.07, 6.45) is 1.76. The van der Waals surface area contributed by atoms with Gasteiger partial charge in [-0.25, -0.2) is 9.97 Å². The fourth-order valence-electron chi connectivity index (χ4n) is 1.96. The molecule has 3 rings (SSSR count). The minimum absolute atomic E-state index is 0.402. The van der Waals surface area contributed by atoms with Crippen molar-refractivity contribution in [2.75, 3.05) is 0 Å². The van der Waals surface area contributed by atoms with E-state index in [2.05, 4.69) is 46.8 Å². The summed E-state index contributed by atoms with van der Waals surface area (Å²) in [5.41, 5.74) is 2.51. The summed E-state index contributed by atoms with van der Waals surface area (Å²) < 4.78 is 1.71. The van der Waals surface area contributed by atoms with Crippen molar-refractivity contribution in [1.82, 2.24) is 15.0 Å². The van der Waals surface area contributed by atoms with Crippen LogP contribution in [0.1, 0.15) is 5.69 Å². The fourth-order valence-corrected chi connectivity index (χ4v) is 2.81. The van der Waals surface area contributed by atoms with Gasteiger partial charge in [-0.1, -0.05) is 33.6 Å². The van der Waals surface area contributed by atoms with Crippen molar-refractivity contribution in [3.63, 3.8) is 0 Å². The second-order valence-corrected chi connectivity index (χ2v) is 6.24. The first kappa shape index (κ1) is 13.9. The van der Waals surface area contributed by atoms with Gasteiger partial charge in [0.1, 0.15) is 5.15 Å². The molecule has 3 aromatic rings. The van der Waals surface area contributed by atoms with Gasteiger partial charge in [0.2, 0.25) is 0 Å². The van der Waals surface area contributed by atoms with E-state index in [1.807, 2.05) is 31.2 Å². The highest BCUT2D eigenvalue weighted by Crippen LogP contribution is 2.32. The Kier molecular flexibility index (Phi) is 3.75. The monoisotopic (exact) mass is 411 g/mol. The van der Waals surface area contributed by atoms with E-state index in [4.69, 9.17) is 11.6 Å². The lowest BCUT2D eigenvalue weighted by Gasteiger charge is -2.08. The van der Waals surface area contributed by atoms with E-state index in [1.54, 1.807) is 6.20 Å². The van der Waals surface area contributed by atoms with Crippen molar-refractivity contribution in [3.05, 3.63) is 50.3 Å². The molecule has 0 spiro atoms. The molecule has 0 aliphatic carbocycles. The Hall–Kier alpha value is -1.04. The third-order valence-electron chi connectivity index (χ3n) is 2.93. The Labute approximate surface area is 137 Å². The zero-order valence-corrected chi connectivity index (χ0v) is 14.3. The van der Waals surface area contributed by atoms with Crippen molar-refractivity contribution in [3.8, 4) is 11.4 Å². The zero-order valence-electron chi connectivity index (χ0n) is 10.4. The maximum absolute atomic E-state index is 6.12. The third kappa shape index (κ3) is 2.34. The van der Waals surface area contributed by atoms with Crippen LogP contribution in [-0.4, -0.2) is 15.0 Å². The number of halogens is 3. The molecular weight excluding hydrogens is 405 g/mol. The highest BCUT2D eigenvalue weighted by molar-refractivity contribution is 9.11. The highest BCUT2D eigenvalue weighted by Gasteiger charge is 2.13. The summed E-state index contributed by atoms with van der Waals surface area (Å²) in [6.45, 7) is 1.88. The van der Waals surface area contributed by atoms with E-state index in [-0.39, 0.29) is 0 Å². The van der Waals surface area contributed by atoms with Gasteiger partial charge in [-0.2, -0.15) is 0 Å². The number of pyridine rings is 1. The van der Waals surface area contributed by atoms with E-state index in [9.17, 15) is 0 Å². The van der Waals surface area contributed by atoms with Gasteiger partial charge in [0.15, 0.2) is 5.82 Å². The average Bonchev–Trinajstić information content (AvgIpc) is 2.45. The number of hydrogen-bond donors (Lipinski definition) is 0. The quantitative estimate of drug-likeness (QED) is 0.516. The third-order valence-corrected chi connectivity index (χ3v) is 5.08. The number of fused-ring (bicyclic) bond motifs is 1. The topological polar surface area (TPSA) is 38.7 Å². The summed E-state index contributed by atoms with van der Waals surface area (Å²) >= 11 is 13.0. The summed E-state index contributed by atoms with van der Waals surface area (Å²) in [5, 5.41) is 1.42. The van der Waals surface area contributed by atoms with Crippen molar-refractivity contribution in [2.24, 2.45) is 0 Å². The van der Waals surface area contributed by atoms with Crippen LogP contribution in [0.15, 0.2) is 39.4 Å². The Balaban J connectivity index is 2.33. The molecular formula is C14H8Br2ClN3. The van der Waals surface area contributed by atoms with Crippen LogP contribution in [0.5, 0.6) is 0 Å². The van der Waals surface area contributed by atoms with E-state index >= 15 is 0 Å². The van der Waals surface area contributed by atoms with Crippen LogP contribution in [0.2, 0.25) is 5.15 Å². The van der Waals surface area contributed by atoms with Gasteiger partial charge in [0, 0.05) is 21.6 Å². The number of nitrogens with zero attached hydrogens (tertiary/aromatic N) is 3. The lowest BCUT2D eigenvalue weighted by atomic mass is 10.1. The number of rotatable bonds is 1. The molecule has 0 unspecified atom stereocenters. The molecule has 0 bridgehead atoms. The molecule has 0 saturated heterocycles. The predicted molar refractivity (Wildman–Crippen MR) is 87.9 cm³/mol. The molecule has 0 fully saturated rings. The standard InChI is InChI=1S/C14H8Br2ClN3/c1-7-11(16)13(17)20-14(19-7)9-4-5-10(15)8-3-2-6-18-12(8)9/h2-6H,1H3. The van der Waals surface area contributed by atoms with Crippen LogP contribution in [0.25, 0.3) is 22.3 Å². The summed E-state index contributed by atoms with van der Waals surface area (Å²) in [6, 6.07) is 7.81. The number of aromatic nitrogens is 3. The molecule has 2 aromatic heterocycles. The molecule has 0 aliphatic rings. The second-order valence-electron chi connectivity index (χ2n) is 4.23. The van der Waals surface area contributed by atoms with Gasteiger partial charge in [0.05, 0.1) is 15.7 Å². The molecule has 0 amide bonds. The molecule has 0 radical (unpaired) electrons. The van der Waals surface area contributed by atoms with Crippen LogP contribution in [0.4, 0.5) is 0 Å². The molecule has 3 nitrogen and oxygen atoms in total. The van der Waals surface area contributed by atoms with Gasteiger partial charge in [-0.3, -0.25) is 4.98 Å². The minimum Gasteiger partial charge on any atom is -0.255 e. The van der Waals surface area contributed by atoms with Crippen LogP contribution in [0.3, 0.4) is 0 Å². The number of benzene rings is 1. The molecule has 20 heavy (non-hydrogen) atoms. The molecule has 0 saturated carbocycles. The van der Waals surface area contributed by atoms with E-state index in [0.717, 1.165) is 31.1 Å². The summed E-state index contributed by atoms with van der Waals surface area (Å²) in [4.78, 5) is 13.3. The lowest BCUT2D eigenvalue weighted by molar-refractivity contribution is 1.09. The Bertz CT molecular complexity index is 798. The highest BCUT2D eigenvalue weighted by atomic mass is 79.9. The van der Waals surface area contributed by atoms with Gasteiger partial charge in [-0.15, -0.1) is 0 Å². The first-order chi connectivity index (χ1) is 9.58. The summed E-state index contributed by atoms with van der Waals surface area (Å²) in [7, 11) is 0. The van der Waals surface area contributed by atoms with E-state index in [0.29, 0.717) is 11.0 Å². The molecule has 0 atom stereocenters. The first-order valence-electron chi connectivity index (χ1n) is 5.81. The van der Waals surface area contributed by atoms with Crippen molar-refractivity contribution < 1.29 is 0 Å². The van der Waals surface area contributed by atoms with Gasteiger partial charge in [0.25, 0.3) is 0 Å².